The Morgan fingerprint density at radius 3 is 2.67 bits per heavy atom. The number of aryl methyl sites for hydroxylation is 1. The largest absolute Gasteiger partial charge is 0.478 e. The van der Waals surface area contributed by atoms with Crippen LogP contribution in [0.15, 0.2) is 6.07 Å². The molecule has 1 heterocycles. The van der Waals surface area contributed by atoms with E-state index in [1.165, 1.54) is 0 Å². The van der Waals surface area contributed by atoms with Gasteiger partial charge in [-0.2, -0.15) is 0 Å². The normalized spacial score (nSPS) is 22.9. The summed E-state index contributed by atoms with van der Waals surface area (Å²) < 4.78 is 0. The van der Waals surface area contributed by atoms with Crippen LogP contribution in [0.3, 0.4) is 0 Å². The highest BCUT2D eigenvalue weighted by Gasteiger charge is 2.27. The lowest BCUT2D eigenvalue weighted by atomic mass is 9.79. The fraction of sp³-hybridized carbons (Fsp3) is 0.600. The molecule has 98 valence electrons. The lowest BCUT2D eigenvalue weighted by Gasteiger charge is -2.29. The van der Waals surface area contributed by atoms with Crippen molar-refractivity contribution in [2.24, 2.45) is 5.92 Å². The Kier molecular flexibility index (Phi) is 3.42. The lowest BCUT2D eigenvalue weighted by molar-refractivity contribution is 0.0694. The van der Waals surface area contributed by atoms with Crippen molar-refractivity contribution < 1.29 is 9.90 Å². The molecule has 0 fully saturated rings. The summed E-state index contributed by atoms with van der Waals surface area (Å²) in [5, 5.41) is 9.29. The molecular formula is C15H21NO2. The van der Waals surface area contributed by atoms with E-state index in [1.54, 1.807) is 0 Å². The monoisotopic (exact) mass is 247 g/mol. The Labute approximate surface area is 108 Å². The highest BCUT2D eigenvalue weighted by Crippen LogP contribution is 2.36. The van der Waals surface area contributed by atoms with Crippen LogP contribution >= 0.6 is 0 Å². The van der Waals surface area contributed by atoms with Gasteiger partial charge in [-0.15, -0.1) is 0 Å². The molecule has 0 saturated carbocycles. The number of carboxylic acids is 1. The fourth-order valence-electron chi connectivity index (χ4n) is 2.69. The summed E-state index contributed by atoms with van der Waals surface area (Å²) in [4.78, 5) is 16.0. The van der Waals surface area contributed by atoms with Crippen LogP contribution in [0, 0.1) is 5.92 Å². The number of nitrogens with zero attached hydrogens (tertiary/aromatic N) is 1. The molecule has 1 aromatic heterocycles. The molecule has 0 spiro atoms. The van der Waals surface area contributed by atoms with Crippen LogP contribution < -0.4 is 0 Å². The molecule has 2 atom stereocenters. The first-order chi connectivity index (χ1) is 8.41. The molecule has 1 aliphatic carbocycles. The smallest absolute Gasteiger partial charge is 0.337 e. The fourth-order valence-corrected chi connectivity index (χ4v) is 2.69. The van der Waals surface area contributed by atoms with Crippen LogP contribution in [0.2, 0.25) is 0 Å². The summed E-state index contributed by atoms with van der Waals surface area (Å²) in [6.45, 7) is 8.44. The standard InChI is InChI=1S/C15H21NO2/c1-8(2)13-12(15(17)18)7-11-6-5-9(3)10(4)14(11)16-13/h7-10H,5-6H2,1-4H3,(H,17,18). The molecule has 0 radical (unpaired) electrons. The number of carbonyl (C=O) groups is 1. The van der Waals surface area contributed by atoms with Gasteiger partial charge in [0.15, 0.2) is 0 Å². The number of carboxylic acid groups (broad SMARTS) is 1. The number of hydrogen-bond donors (Lipinski definition) is 1. The predicted molar refractivity (Wildman–Crippen MR) is 71.2 cm³/mol. The van der Waals surface area contributed by atoms with Crippen molar-refractivity contribution >= 4 is 5.97 Å². The first-order valence-electron chi connectivity index (χ1n) is 6.68. The maximum absolute atomic E-state index is 11.3. The van der Waals surface area contributed by atoms with Gasteiger partial charge in [-0.3, -0.25) is 4.98 Å². The van der Waals surface area contributed by atoms with Gasteiger partial charge >= 0.3 is 5.97 Å². The van der Waals surface area contributed by atoms with Crippen LogP contribution in [0.25, 0.3) is 0 Å². The topological polar surface area (TPSA) is 50.2 Å². The minimum absolute atomic E-state index is 0.144. The van der Waals surface area contributed by atoms with E-state index in [0.29, 0.717) is 17.4 Å². The molecule has 0 aliphatic heterocycles. The van der Waals surface area contributed by atoms with Crippen molar-refractivity contribution in [2.75, 3.05) is 0 Å². The third kappa shape index (κ3) is 2.14. The Balaban J connectivity index is 2.58. The molecule has 3 nitrogen and oxygen atoms in total. The second-order valence-corrected chi connectivity index (χ2v) is 5.73. The van der Waals surface area contributed by atoms with Crippen LogP contribution in [0.5, 0.6) is 0 Å². The van der Waals surface area contributed by atoms with E-state index in [-0.39, 0.29) is 5.92 Å². The van der Waals surface area contributed by atoms with Crippen LogP contribution in [0.4, 0.5) is 0 Å². The Morgan fingerprint density at radius 2 is 2.11 bits per heavy atom. The number of aromatic carboxylic acids is 1. The number of hydrogen-bond acceptors (Lipinski definition) is 2. The zero-order valence-electron chi connectivity index (χ0n) is 11.5. The van der Waals surface area contributed by atoms with E-state index in [4.69, 9.17) is 0 Å². The predicted octanol–water partition coefficient (Wildman–Crippen LogP) is 3.59. The molecule has 0 amide bonds. The van der Waals surface area contributed by atoms with E-state index in [1.807, 2.05) is 19.9 Å². The maximum Gasteiger partial charge on any atom is 0.337 e. The van der Waals surface area contributed by atoms with Crippen molar-refractivity contribution in [3.63, 3.8) is 0 Å². The molecule has 18 heavy (non-hydrogen) atoms. The van der Waals surface area contributed by atoms with E-state index in [0.717, 1.165) is 29.8 Å². The molecule has 3 heteroatoms. The minimum Gasteiger partial charge on any atom is -0.478 e. The highest BCUT2D eigenvalue weighted by atomic mass is 16.4. The molecule has 1 aliphatic rings. The Morgan fingerprint density at radius 1 is 1.44 bits per heavy atom. The van der Waals surface area contributed by atoms with Crippen LogP contribution in [-0.2, 0) is 6.42 Å². The Bertz CT molecular complexity index is 480. The zero-order valence-corrected chi connectivity index (χ0v) is 11.5. The molecule has 1 aromatic rings. The maximum atomic E-state index is 11.3. The van der Waals surface area contributed by atoms with Gasteiger partial charge < -0.3 is 5.11 Å². The summed E-state index contributed by atoms with van der Waals surface area (Å²) in [5.74, 6) is 0.334. The van der Waals surface area contributed by atoms with E-state index in [9.17, 15) is 9.90 Å². The summed E-state index contributed by atoms with van der Waals surface area (Å²) in [6, 6.07) is 1.85. The average Bonchev–Trinajstić information content (AvgIpc) is 2.32. The van der Waals surface area contributed by atoms with Gasteiger partial charge in [0, 0.05) is 11.6 Å². The Hall–Kier alpha value is -1.38. The second kappa shape index (κ2) is 4.71. The van der Waals surface area contributed by atoms with Gasteiger partial charge in [0.1, 0.15) is 0 Å². The van der Waals surface area contributed by atoms with Crippen LogP contribution in [-0.4, -0.2) is 16.1 Å². The van der Waals surface area contributed by atoms with Gasteiger partial charge in [0.25, 0.3) is 0 Å². The second-order valence-electron chi connectivity index (χ2n) is 5.73. The first kappa shape index (κ1) is 13.1. The summed E-state index contributed by atoms with van der Waals surface area (Å²) in [5.41, 5.74) is 3.34. The molecule has 0 bridgehead atoms. The van der Waals surface area contributed by atoms with E-state index >= 15 is 0 Å². The quantitative estimate of drug-likeness (QED) is 0.868. The van der Waals surface area contributed by atoms with E-state index < -0.39 is 5.97 Å². The van der Waals surface area contributed by atoms with Crippen molar-refractivity contribution in [3.05, 3.63) is 28.6 Å². The van der Waals surface area contributed by atoms with Gasteiger partial charge in [0.2, 0.25) is 0 Å². The van der Waals surface area contributed by atoms with Gasteiger partial charge in [-0.05, 0) is 36.3 Å². The minimum atomic E-state index is -0.861. The molecule has 0 aromatic carbocycles. The molecule has 0 saturated heterocycles. The lowest BCUT2D eigenvalue weighted by Crippen LogP contribution is -2.20. The number of fused-ring (bicyclic) bond motifs is 1. The van der Waals surface area contributed by atoms with Gasteiger partial charge in [-0.25, -0.2) is 4.79 Å². The summed E-state index contributed by atoms with van der Waals surface area (Å²) in [7, 11) is 0. The van der Waals surface area contributed by atoms with E-state index in [2.05, 4.69) is 18.8 Å². The van der Waals surface area contributed by atoms with Gasteiger partial charge in [-0.1, -0.05) is 27.7 Å². The molecular weight excluding hydrogens is 226 g/mol. The van der Waals surface area contributed by atoms with Crippen molar-refractivity contribution in [3.8, 4) is 0 Å². The van der Waals surface area contributed by atoms with Crippen molar-refractivity contribution in [2.45, 2.75) is 52.4 Å². The zero-order chi connectivity index (χ0) is 13.4. The molecule has 2 unspecified atom stereocenters. The first-order valence-corrected chi connectivity index (χ1v) is 6.68. The van der Waals surface area contributed by atoms with Gasteiger partial charge in [0.05, 0.1) is 11.3 Å². The third-order valence-electron chi connectivity index (χ3n) is 4.10. The summed E-state index contributed by atoms with van der Waals surface area (Å²) in [6.07, 6.45) is 2.07. The molecule has 1 N–H and O–H groups in total. The number of pyridine rings is 1. The third-order valence-corrected chi connectivity index (χ3v) is 4.10. The van der Waals surface area contributed by atoms with Crippen molar-refractivity contribution in [1.82, 2.24) is 4.98 Å². The average molecular weight is 247 g/mol. The number of rotatable bonds is 2. The summed E-state index contributed by atoms with van der Waals surface area (Å²) >= 11 is 0. The van der Waals surface area contributed by atoms with Crippen molar-refractivity contribution in [1.29, 1.82) is 0 Å². The number of aromatic nitrogens is 1. The highest BCUT2D eigenvalue weighted by molar-refractivity contribution is 5.89. The molecule has 2 rings (SSSR count). The van der Waals surface area contributed by atoms with Crippen LogP contribution in [0.1, 0.15) is 73.3 Å². The SMILES string of the molecule is CC(C)c1nc2c(cc1C(=O)O)CCC(C)C2C.